The Morgan fingerprint density at radius 1 is 1.06 bits per heavy atom. The number of hydrogen-bond acceptors (Lipinski definition) is 8. The maximum absolute atomic E-state index is 15.2. The molecule has 266 valence electrons. The number of nitrogens with one attached hydrogen (secondary N) is 1. The molecule has 6 atom stereocenters. The number of methoxy groups -OCH3 is 1. The summed E-state index contributed by atoms with van der Waals surface area (Å²) in [6.07, 6.45) is -2.28. The molecule has 2 saturated heterocycles. The number of amides is 4. The molecule has 10 nitrogen and oxygen atoms in total. The highest BCUT2D eigenvalue weighted by atomic mass is 79.9. The van der Waals surface area contributed by atoms with E-state index in [1.54, 1.807) is 37.3 Å². The topological polar surface area (TPSA) is 129 Å². The van der Waals surface area contributed by atoms with E-state index in [4.69, 9.17) is 27.9 Å². The number of aromatic hydroxyl groups is 1. The molecule has 0 spiro atoms. The van der Waals surface area contributed by atoms with E-state index in [9.17, 15) is 32.7 Å². The van der Waals surface area contributed by atoms with Crippen molar-refractivity contribution in [3.8, 4) is 11.5 Å². The van der Waals surface area contributed by atoms with Gasteiger partial charge < -0.3 is 9.84 Å². The van der Waals surface area contributed by atoms with Crippen molar-refractivity contribution in [3.63, 3.8) is 0 Å². The fourth-order valence-electron chi connectivity index (χ4n) is 8.47. The molecule has 3 aromatic rings. The van der Waals surface area contributed by atoms with Crippen molar-refractivity contribution >= 4 is 68.6 Å². The van der Waals surface area contributed by atoms with E-state index >= 15 is 4.79 Å². The first-order chi connectivity index (χ1) is 24.1. The second-order valence-corrected chi connectivity index (χ2v) is 14.6. The fourth-order valence-corrected chi connectivity index (χ4v) is 9.26. The summed E-state index contributed by atoms with van der Waals surface area (Å²) in [5, 5.41) is 12.3. The molecule has 7 rings (SSSR count). The number of halogens is 6. The summed E-state index contributed by atoms with van der Waals surface area (Å²) in [5.74, 6) is -7.49. The van der Waals surface area contributed by atoms with Crippen LogP contribution in [0.2, 0.25) is 10.0 Å². The number of likely N-dealkylation sites (tertiary alicyclic amines) is 1. The van der Waals surface area contributed by atoms with Gasteiger partial charge in [0.05, 0.1) is 40.9 Å². The lowest BCUT2D eigenvalue weighted by molar-refractivity contribution is -0.141. The molecule has 0 bridgehead atoms. The Labute approximate surface area is 307 Å². The number of pyridine rings is 1. The van der Waals surface area contributed by atoms with Crippen LogP contribution in [0.25, 0.3) is 0 Å². The molecule has 4 aliphatic rings. The molecule has 0 unspecified atom stereocenters. The average molecular weight is 808 g/mol. The molecule has 2 aromatic carbocycles. The Kier molecular flexibility index (Phi) is 8.66. The monoisotopic (exact) mass is 806 g/mol. The number of hydrazine groups is 1. The molecular formula is C35H28BrCl2F3N4O6. The molecule has 4 amide bonds. The van der Waals surface area contributed by atoms with Gasteiger partial charge in [0.25, 0.3) is 11.8 Å². The maximum atomic E-state index is 15.2. The predicted molar refractivity (Wildman–Crippen MR) is 182 cm³/mol. The minimum Gasteiger partial charge on any atom is -0.504 e. The van der Waals surface area contributed by atoms with E-state index in [2.05, 4.69) is 26.3 Å². The zero-order valence-corrected chi connectivity index (χ0v) is 29.9. The van der Waals surface area contributed by atoms with Crippen LogP contribution in [0.5, 0.6) is 11.5 Å². The van der Waals surface area contributed by atoms with Gasteiger partial charge in [-0.1, -0.05) is 62.9 Å². The summed E-state index contributed by atoms with van der Waals surface area (Å²) in [4.78, 5) is 62.2. The van der Waals surface area contributed by atoms with Gasteiger partial charge in [0, 0.05) is 33.7 Å². The summed E-state index contributed by atoms with van der Waals surface area (Å²) in [7, 11) is 1.36. The average Bonchev–Trinajstić information content (AvgIpc) is 3.46. The largest absolute Gasteiger partial charge is 0.504 e. The summed E-state index contributed by atoms with van der Waals surface area (Å²) in [6.45, 7) is 1.86. The number of hydrogen-bond donors (Lipinski definition) is 2. The normalized spacial score (nSPS) is 27.3. The van der Waals surface area contributed by atoms with Crippen molar-refractivity contribution < 1.29 is 42.2 Å². The van der Waals surface area contributed by atoms with Crippen LogP contribution >= 0.6 is 39.1 Å². The number of anilines is 1. The lowest BCUT2D eigenvalue weighted by atomic mass is 9.49. The summed E-state index contributed by atoms with van der Waals surface area (Å²) < 4.78 is 46.2. The van der Waals surface area contributed by atoms with Crippen LogP contribution in [0, 0.1) is 23.7 Å². The number of nitrogens with zero attached hydrogens (tertiary/aromatic N) is 3. The molecular weight excluding hydrogens is 780 g/mol. The summed E-state index contributed by atoms with van der Waals surface area (Å²) in [6, 6.07) is 10.1. The highest BCUT2D eigenvalue weighted by molar-refractivity contribution is 9.10. The second kappa shape index (κ2) is 12.5. The first kappa shape index (κ1) is 35.3. The standard InChI is InChI=1S/C35H28BrCl2F3N4O6/c1-3-44-30(47)20-9-8-19-21(26(20)32(44)49)13-23-31(48)45(43-29-24(38)10-16(14-42-29)35(39,40)41)33(50)34(23,15-4-6-18(37)7-5-15)27(19)22-11-17(36)12-25(51-2)28(22)46/h4-8,10-12,14,20-21,23,26-27,46H,3,9,13H2,1-2H3,(H,42,43)/t20-,21+,23-,26-,27+,34+/m0/s1. The molecule has 2 aliphatic heterocycles. The first-order valence-corrected chi connectivity index (χ1v) is 17.4. The molecule has 2 aliphatic carbocycles. The third-order valence-electron chi connectivity index (χ3n) is 10.6. The van der Waals surface area contributed by atoms with E-state index in [1.807, 2.05) is 6.08 Å². The van der Waals surface area contributed by atoms with Crippen molar-refractivity contribution in [1.82, 2.24) is 14.9 Å². The van der Waals surface area contributed by atoms with Crippen molar-refractivity contribution in [1.29, 1.82) is 0 Å². The number of imide groups is 2. The number of allylic oxidation sites excluding steroid dienone is 2. The molecule has 1 aromatic heterocycles. The lowest BCUT2D eigenvalue weighted by Crippen LogP contribution is -2.53. The molecule has 1 saturated carbocycles. The van der Waals surface area contributed by atoms with Crippen LogP contribution in [0.4, 0.5) is 19.0 Å². The number of carbonyl (C=O) groups is 4. The molecule has 0 radical (unpaired) electrons. The minimum atomic E-state index is -4.75. The number of phenolic OH excluding ortho intramolecular Hbond substituents is 1. The van der Waals surface area contributed by atoms with E-state index in [-0.39, 0.29) is 54.1 Å². The quantitative estimate of drug-likeness (QED) is 0.204. The molecule has 2 N–H and O–H groups in total. The number of aromatic nitrogens is 1. The zero-order valence-electron chi connectivity index (χ0n) is 26.8. The van der Waals surface area contributed by atoms with Gasteiger partial charge in [-0.05, 0) is 61.6 Å². The molecule has 3 fully saturated rings. The number of alkyl halides is 3. The zero-order chi connectivity index (χ0) is 36.7. The smallest absolute Gasteiger partial charge is 0.417 e. The van der Waals surface area contributed by atoms with Crippen molar-refractivity contribution in [2.24, 2.45) is 23.7 Å². The number of ether oxygens (including phenoxy) is 1. The van der Waals surface area contributed by atoms with E-state index < -0.39 is 63.6 Å². The Morgan fingerprint density at radius 2 is 1.76 bits per heavy atom. The van der Waals surface area contributed by atoms with Crippen LogP contribution in [0.15, 0.2) is 64.8 Å². The van der Waals surface area contributed by atoms with E-state index in [1.165, 1.54) is 18.1 Å². The Hall–Kier alpha value is -4.14. The lowest BCUT2D eigenvalue weighted by Gasteiger charge is -2.50. The van der Waals surface area contributed by atoms with Crippen molar-refractivity contribution in [3.05, 3.63) is 91.5 Å². The van der Waals surface area contributed by atoms with Crippen LogP contribution in [0.1, 0.15) is 42.4 Å². The Balaban J connectivity index is 1.48. The van der Waals surface area contributed by atoms with Crippen molar-refractivity contribution in [2.45, 2.75) is 37.3 Å². The highest BCUT2D eigenvalue weighted by Crippen LogP contribution is 2.65. The molecule has 51 heavy (non-hydrogen) atoms. The van der Waals surface area contributed by atoms with Gasteiger partial charge in [-0.25, -0.2) is 4.98 Å². The third-order valence-corrected chi connectivity index (χ3v) is 11.6. The Bertz CT molecular complexity index is 2050. The van der Waals surface area contributed by atoms with Gasteiger partial charge in [-0.2, -0.15) is 18.2 Å². The molecule has 3 heterocycles. The number of benzene rings is 2. The summed E-state index contributed by atoms with van der Waals surface area (Å²) in [5.41, 5.74) is 0.754. The minimum absolute atomic E-state index is 0.0501. The maximum Gasteiger partial charge on any atom is 0.417 e. The van der Waals surface area contributed by atoms with Gasteiger partial charge >= 0.3 is 6.18 Å². The number of phenols is 1. The second-order valence-electron chi connectivity index (χ2n) is 12.9. The van der Waals surface area contributed by atoms with E-state index in [0.29, 0.717) is 37.9 Å². The fraction of sp³-hybridized carbons (Fsp3) is 0.343. The van der Waals surface area contributed by atoms with Crippen LogP contribution < -0.4 is 10.2 Å². The van der Waals surface area contributed by atoms with E-state index in [0.717, 1.165) is 0 Å². The SMILES string of the molecule is CCN1C(=O)[C@H]2[C@H](CC=C3[C@H]2C[C@H]2C(=O)N(Nc4ncc(C(F)(F)F)cc4Cl)C(=O)[C@@]2(c2ccc(Cl)cc2)[C@H]3c2cc(Br)cc(OC)c2O)C1=O. The van der Waals surface area contributed by atoms with Crippen LogP contribution in [0.3, 0.4) is 0 Å². The van der Waals surface area contributed by atoms with Crippen LogP contribution in [-0.2, 0) is 30.8 Å². The third kappa shape index (κ3) is 5.23. The highest BCUT2D eigenvalue weighted by Gasteiger charge is 2.70. The number of fused-ring (bicyclic) bond motifs is 4. The number of carbonyl (C=O) groups excluding carboxylic acids is 4. The van der Waals surface area contributed by atoms with Crippen molar-refractivity contribution in [2.75, 3.05) is 19.1 Å². The van der Waals surface area contributed by atoms with Gasteiger partial charge in [0.1, 0.15) is 0 Å². The van der Waals surface area contributed by atoms with Gasteiger partial charge in [-0.3, -0.25) is 29.5 Å². The first-order valence-electron chi connectivity index (χ1n) is 15.9. The Morgan fingerprint density at radius 3 is 2.39 bits per heavy atom. The summed E-state index contributed by atoms with van der Waals surface area (Å²) >= 11 is 16.0. The van der Waals surface area contributed by atoms with Gasteiger partial charge in [0.15, 0.2) is 17.3 Å². The molecule has 16 heteroatoms. The van der Waals surface area contributed by atoms with Crippen LogP contribution in [-0.4, -0.2) is 57.3 Å². The number of rotatable bonds is 6. The predicted octanol–water partition coefficient (Wildman–Crippen LogP) is 6.89. The van der Waals surface area contributed by atoms with Gasteiger partial charge in [0.2, 0.25) is 11.8 Å². The van der Waals surface area contributed by atoms with Gasteiger partial charge in [-0.15, -0.1) is 0 Å².